The smallest absolute Gasteiger partial charge is 0.254 e. The number of hydrogen-bond acceptors (Lipinski definition) is 3. The molecule has 1 aromatic heterocycles. The summed E-state index contributed by atoms with van der Waals surface area (Å²) in [6.45, 7) is 2.39. The molecule has 0 aliphatic rings. The molecule has 1 amide bonds. The van der Waals surface area contributed by atoms with Crippen LogP contribution in [0.15, 0.2) is 30.6 Å². The van der Waals surface area contributed by atoms with Crippen LogP contribution < -0.4 is 4.74 Å². The Kier molecular flexibility index (Phi) is 3.85. The number of rotatable bonds is 4. The summed E-state index contributed by atoms with van der Waals surface area (Å²) >= 11 is 0. The zero-order chi connectivity index (χ0) is 13.8. The highest BCUT2D eigenvalue weighted by Crippen LogP contribution is 2.20. The van der Waals surface area contributed by atoms with E-state index in [1.807, 2.05) is 13.0 Å². The van der Waals surface area contributed by atoms with Crippen LogP contribution in [-0.2, 0) is 6.54 Å². The summed E-state index contributed by atoms with van der Waals surface area (Å²) in [4.78, 5) is 21.0. The predicted molar refractivity (Wildman–Crippen MR) is 72.1 cm³/mol. The Balaban J connectivity index is 2.14. The van der Waals surface area contributed by atoms with Crippen molar-refractivity contribution in [2.75, 3.05) is 14.2 Å². The van der Waals surface area contributed by atoms with Gasteiger partial charge in [-0.25, -0.2) is 4.98 Å². The van der Waals surface area contributed by atoms with E-state index in [-0.39, 0.29) is 5.91 Å². The van der Waals surface area contributed by atoms with E-state index >= 15 is 0 Å². The summed E-state index contributed by atoms with van der Waals surface area (Å²) in [6, 6.07) is 5.45. The number of nitrogens with zero attached hydrogens (tertiary/aromatic N) is 2. The molecule has 2 aromatic rings. The number of imidazole rings is 1. The number of aromatic nitrogens is 2. The molecule has 0 atom stereocenters. The summed E-state index contributed by atoms with van der Waals surface area (Å²) in [5, 5.41) is 0. The van der Waals surface area contributed by atoms with Gasteiger partial charge in [0.2, 0.25) is 0 Å². The van der Waals surface area contributed by atoms with Gasteiger partial charge in [0.05, 0.1) is 13.7 Å². The number of nitrogens with one attached hydrogen (secondary N) is 1. The van der Waals surface area contributed by atoms with E-state index in [4.69, 9.17) is 4.74 Å². The molecular weight excluding hydrogens is 242 g/mol. The highest BCUT2D eigenvalue weighted by atomic mass is 16.5. The quantitative estimate of drug-likeness (QED) is 0.913. The van der Waals surface area contributed by atoms with Crippen LogP contribution in [0.25, 0.3) is 0 Å². The lowest BCUT2D eigenvalue weighted by Crippen LogP contribution is -2.26. The number of amides is 1. The molecule has 0 radical (unpaired) electrons. The maximum Gasteiger partial charge on any atom is 0.254 e. The third-order valence-electron chi connectivity index (χ3n) is 2.94. The number of aryl methyl sites for hydroxylation is 1. The van der Waals surface area contributed by atoms with Crippen LogP contribution in [-0.4, -0.2) is 34.9 Å². The molecule has 0 aliphatic heterocycles. The second-order valence-electron chi connectivity index (χ2n) is 4.38. The van der Waals surface area contributed by atoms with Crippen LogP contribution in [0.5, 0.6) is 5.75 Å². The number of benzene rings is 1. The van der Waals surface area contributed by atoms with Crippen molar-refractivity contribution in [3.8, 4) is 5.75 Å². The van der Waals surface area contributed by atoms with Gasteiger partial charge in [-0.1, -0.05) is 6.07 Å². The largest absolute Gasteiger partial charge is 0.496 e. The van der Waals surface area contributed by atoms with E-state index in [2.05, 4.69) is 9.97 Å². The summed E-state index contributed by atoms with van der Waals surface area (Å²) < 4.78 is 5.23. The molecule has 5 nitrogen and oxygen atoms in total. The van der Waals surface area contributed by atoms with Crippen LogP contribution in [0.1, 0.15) is 21.7 Å². The lowest BCUT2D eigenvalue weighted by molar-refractivity contribution is 0.0781. The minimum Gasteiger partial charge on any atom is -0.496 e. The molecule has 5 heteroatoms. The molecule has 100 valence electrons. The van der Waals surface area contributed by atoms with Crippen LogP contribution in [0.3, 0.4) is 0 Å². The molecule has 0 unspecified atom stereocenters. The predicted octanol–water partition coefficient (Wildman–Crippen LogP) is 2.00. The summed E-state index contributed by atoms with van der Waals surface area (Å²) in [7, 11) is 3.35. The van der Waals surface area contributed by atoms with Crippen molar-refractivity contribution in [3.63, 3.8) is 0 Å². The number of H-pyrrole nitrogens is 1. The Labute approximate surface area is 112 Å². The maximum atomic E-state index is 12.3. The van der Waals surface area contributed by atoms with E-state index in [0.717, 1.165) is 17.1 Å². The molecule has 0 saturated carbocycles. The fraction of sp³-hybridized carbons (Fsp3) is 0.286. The zero-order valence-corrected chi connectivity index (χ0v) is 11.3. The van der Waals surface area contributed by atoms with Gasteiger partial charge in [-0.15, -0.1) is 0 Å². The van der Waals surface area contributed by atoms with Crippen LogP contribution in [0.2, 0.25) is 0 Å². The molecule has 1 N–H and O–H groups in total. The van der Waals surface area contributed by atoms with Crippen LogP contribution in [0, 0.1) is 6.92 Å². The molecule has 19 heavy (non-hydrogen) atoms. The van der Waals surface area contributed by atoms with Crippen molar-refractivity contribution >= 4 is 5.91 Å². The Hall–Kier alpha value is -2.30. The molecule has 0 spiro atoms. The van der Waals surface area contributed by atoms with E-state index in [1.54, 1.807) is 43.6 Å². The van der Waals surface area contributed by atoms with E-state index in [9.17, 15) is 4.79 Å². The molecule has 0 bridgehead atoms. The third-order valence-corrected chi connectivity index (χ3v) is 2.94. The normalized spacial score (nSPS) is 10.3. The zero-order valence-electron chi connectivity index (χ0n) is 11.3. The maximum absolute atomic E-state index is 12.3. The number of ether oxygens (including phenoxy) is 1. The Morgan fingerprint density at radius 1 is 1.47 bits per heavy atom. The lowest BCUT2D eigenvalue weighted by atomic mass is 10.1. The molecule has 2 rings (SSSR count). The van der Waals surface area contributed by atoms with Crippen molar-refractivity contribution in [2.45, 2.75) is 13.5 Å². The second kappa shape index (κ2) is 5.56. The highest BCUT2D eigenvalue weighted by molar-refractivity contribution is 5.94. The SMILES string of the molecule is COc1cc(C(=O)N(C)Cc2ncc[nH]2)ccc1C. The van der Waals surface area contributed by atoms with Gasteiger partial charge in [-0.2, -0.15) is 0 Å². The number of carbonyl (C=O) groups excluding carboxylic acids is 1. The van der Waals surface area contributed by atoms with Gasteiger partial charge in [0, 0.05) is 25.0 Å². The monoisotopic (exact) mass is 259 g/mol. The van der Waals surface area contributed by atoms with Gasteiger partial charge >= 0.3 is 0 Å². The van der Waals surface area contributed by atoms with Crippen LogP contribution in [0.4, 0.5) is 0 Å². The van der Waals surface area contributed by atoms with E-state index in [1.165, 1.54) is 0 Å². The number of hydrogen-bond donors (Lipinski definition) is 1. The number of carbonyl (C=O) groups is 1. The first-order chi connectivity index (χ1) is 9.11. The molecule has 0 saturated heterocycles. The van der Waals surface area contributed by atoms with Crippen molar-refractivity contribution < 1.29 is 9.53 Å². The minimum absolute atomic E-state index is 0.0605. The topological polar surface area (TPSA) is 58.2 Å². The summed E-state index contributed by atoms with van der Waals surface area (Å²) in [5.74, 6) is 1.42. The average Bonchev–Trinajstić information content (AvgIpc) is 2.91. The average molecular weight is 259 g/mol. The third kappa shape index (κ3) is 2.93. The Bertz CT molecular complexity index is 564. The first kappa shape index (κ1) is 13.1. The van der Waals surface area contributed by atoms with Crippen molar-refractivity contribution in [1.29, 1.82) is 0 Å². The van der Waals surface area contributed by atoms with Crippen molar-refractivity contribution in [2.24, 2.45) is 0 Å². The molecule has 1 heterocycles. The van der Waals surface area contributed by atoms with Gasteiger partial charge in [0.15, 0.2) is 0 Å². The minimum atomic E-state index is -0.0605. The van der Waals surface area contributed by atoms with Crippen molar-refractivity contribution in [1.82, 2.24) is 14.9 Å². The molecule has 0 aliphatic carbocycles. The van der Waals surface area contributed by atoms with Crippen molar-refractivity contribution in [3.05, 3.63) is 47.5 Å². The highest BCUT2D eigenvalue weighted by Gasteiger charge is 2.14. The standard InChI is InChI=1S/C14H17N3O2/c1-10-4-5-11(8-12(10)19-3)14(18)17(2)9-13-15-6-7-16-13/h4-8H,9H2,1-3H3,(H,15,16). The van der Waals surface area contributed by atoms with E-state index < -0.39 is 0 Å². The first-order valence-electron chi connectivity index (χ1n) is 6.00. The molecule has 1 aromatic carbocycles. The Morgan fingerprint density at radius 3 is 2.89 bits per heavy atom. The van der Waals surface area contributed by atoms with Gasteiger partial charge < -0.3 is 14.6 Å². The van der Waals surface area contributed by atoms with Crippen LogP contribution >= 0.6 is 0 Å². The lowest BCUT2D eigenvalue weighted by Gasteiger charge is -2.16. The van der Waals surface area contributed by atoms with Gasteiger partial charge in [-0.05, 0) is 24.6 Å². The summed E-state index contributed by atoms with van der Waals surface area (Å²) in [5.41, 5.74) is 1.62. The molecular formula is C14H17N3O2. The van der Waals surface area contributed by atoms with Gasteiger partial charge in [-0.3, -0.25) is 4.79 Å². The fourth-order valence-corrected chi connectivity index (χ4v) is 1.85. The van der Waals surface area contributed by atoms with Gasteiger partial charge in [0.25, 0.3) is 5.91 Å². The number of aromatic amines is 1. The first-order valence-corrected chi connectivity index (χ1v) is 6.00. The van der Waals surface area contributed by atoms with Gasteiger partial charge in [0.1, 0.15) is 11.6 Å². The second-order valence-corrected chi connectivity index (χ2v) is 4.38. The number of methoxy groups -OCH3 is 1. The summed E-state index contributed by atoms with van der Waals surface area (Å²) in [6.07, 6.45) is 3.41. The Morgan fingerprint density at radius 2 is 2.26 bits per heavy atom. The fourth-order valence-electron chi connectivity index (χ4n) is 1.85. The van der Waals surface area contributed by atoms with E-state index in [0.29, 0.717) is 12.1 Å². The molecule has 0 fully saturated rings.